The predicted octanol–water partition coefficient (Wildman–Crippen LogP) is 0.788. The van der Waals surface area contributed by atoms with E-state index in [0.717, 1.165) is 0 Å². The van der Waals surface area contributed by atoms with Gasteiger partial charge in [0.05, 0.1) is 19.2 Å². The van der Waals surface area contributed by atoms with Crippen LogP contribution in [0.15, 0.2) is 11.0 Å². The molecule has 0 saturated heterocycles. The van der Waals surface area contributed by atoms with E-state index in [0.29, 0.717) is 13.2 Å². The van der Waals surface area contributed by atoms with Crippen molar-refractivity contribution in [2.75, 3.05) is 18.5 Å². The number of carbonyl (C=O) groups excluding carboxylic acids is 1. The maximum atomic E-state index is 11.3. The molecule has 0 unspecified atom stereocenters. The molecule has 0 aliphatic heterocycles. The molecule has 2 N–H and O–H groups in total. The zero-order valence-corrected chi connectivity index (χ0v) is 9.50. The molecule has 0 radical (unpaired) electrons. The Morgan fingerprint density at radius 3 is 3.06 bits per heavy atom. The normalized spacial score (nSPS) is 10.1. The Labute approximate surface area is 97.0 Å². The summed E-state index contributed by atoms with van der Waals surface area (Å²) in [5, 5.41) is 2.40. The lowest BCUT2D eigenvalue weighted by molar-refractivity contribution is -0.117. The molecule has 0 aromatic carbocycles. The number of hydrogen-bond acceptors (Lipinski definition) is 4. The summed E-state index contributed by atoms with van der Waals surface area (Å²) in [6, 6.07) is 0. The van der Waals surface area contributed by atoms with Crippen molar-refractivity contribution >= 4 is 23.5 Å². The topological polar surface area (TPSA) is 84.1 Å². The Balaban J connectivity index is 2.50. The second-order valence-corrected chi connectivity index (χ2v) is 3.31. The first kappa shape index (κ1) is 12.7. The lowest BCUT2D eigenvalue weighted by Crippen LogP contribution is -2.19. The van der Waals surface area contributed by atoms with Crippen molar-refractivity contribution in [3.05, 3.63) is 21.6 Å². The van der Waals surface area contributed by atoms with E-state index in [1.54, 1.807) is 0 Å². The standard InChI is InChI=1S/C9H12ClN3O3/c1-2-16-4-3-7(14)12-9-11-5-6(10)8(15)13-9/h5H,2-4H2,1H3,(H2,11,12,13,14,15). The van der Waals surface area contributed by atoms with Crippen LogP contribution in [0.2, 0.25) is 5.02 Å². The fourth-order valence-corrected chi connectivity index (χ4v) is 1.04. The van der Waals surface area contributed by atoms with Crippen LogP contribution in [-0.4, -0.2) is 29.1 Å². The van der Waals surface area contributed by atoms with Crippen LogP contribution in [0.4, 0.5) is 5.95 Å². The van der Waals surface area contributed by atoms with E-state index in [1.807, 2.05) is 6.92 Å². The number of rotatable bonds is 5. The van der Waals surface area contributed by atoms with Crippen LogP contribution in [-0.2, 0) is 9.53 Å². The fraction of sp³-hybridized carbons (Fsp3) is 0.444. The first-order valence-electron chi connectivity index (χ1n) is 4.76. The molecule has 1 aromatic heterocycles. The number of hydrogen-bond donors (Lipinski definition) is 2. The Morgan fingerprint density at radius 2 is 2.44 bits per heavy atom. The Bertz CT molecular complexity index is 419. The van der Waals surface area contributed by atoms with Crippen molar-refractivity contribution in [1.29, 1.82) is 0 Å². The number of anilines is 1. The summed E-state index contributed by atoms with van der Waals surface area (Å²) in [4.78, 5) is 28.4. The molecular formula is C9H12ClN3O3. The molecule has 1 heterocycles. The summed E-state index contributed by atoms with van der Waals surface area (Å²) >= 11 is 5.48. The molecule has 0 aliphatic carbocycles. The van der Waals surface area contributed by atoms with Gasteiger partial charge in [-0.3, -0.25) is 19.9 Å². The maximum Gasteiger partial charge on any atom is 0.271 e. The van der Waals surface area contributed by atoms with Gasteiger partial charge in [-0.15, -0.1) is 0 Å². The minimum atomic E-state index is -0.489. The minimum Gasteiger partial charge on any atom is -0.381 e. The molecule has 0 atom stereocenters. The van der Waals surface area contributed by atoms with Crippen LogP contribution in [0.1, 0.15) is 13.3 Å². The van der Waals surface area contributed by atoms with Gasteiger partial charge in [-0.2, -0.15) is 0 Å². The number of halogens is 1. The zero-order valence-electron chi connectivity index (χ0n) is 8.75. The predicted molar refractivity (Wildman–Crippen MR) is 59.6 cm³/mol. The summed E-state index contributed by atoms with van der Waals surface area (Å²) in [6.45, 7) is 2.74. The van der Waals surface area contributed by atoms with Gasteiger partial charge in [0, 0.05) is 6.61 Å². The van der Waals surface area contributed by atoms with Gasteiger partial charge in [-0.1, -0.05) is 11.6 Å². The largest absolute Gasteiger partial charge is 0.381 e. The Hall–Kier alpha value is -1.40. The molecule has 1 amide bonds. The van der Waals surface area contributed by atoms with E-state index in [9.17, 15) is 9.59 Å². The van der Waals surface area contributed by atoms with E-state index in [-0.39, 0.29) is 23.3 Å². The molecule has 16 heavy (non-hydrogen) atoms. The van der Waals surface area contributed by atoms with E-state index in [2.05, 4.69) is 15.3 Å². The van der Waals surface area contributed by atoms with Crippen molar-refractivity contribution in [3.63, 3.8) is 0 Å². The van der Waals surface area contributed by atoms with Crippen LogP contribution in [0.3, 0.4) is 0 Å². The number of nitrogens with zero attached hydrogens (tertiary/aromatic N) is 1. The monoisotopic (exact) mass is 245 g/mol. The molecule has 1 rings (SSSR count). The van der Waals surface area contributed by atoms with Crippen LogP contribution in [0, 0.1) is 0 Å². The van der Waals surface area contributed by atoms with Gasteiger partial charge in [-0.25, -0.2) is 4.98 Å². The van der Waals surface area contributed by atoms with Crippen molar-refractivity contribution in [3.8, 4) is 0 Å². The molecule has 6 nitrogen and oxygen atoms in total. The Morgan fingerprint density at radius 1 is 1.69 bits per heavy atom. The van der Waals surface area contributed by atoms with Crippen LogP contribution >= 0.6 is 11.6 Å². The lowest BCUT2D eigenvalue weighted by atomic mass is 10.4. The van der Waals surface area contributed by atoms with E-state index >= 15 is 0 Å². The number of carbonyl (C=O) groups is 1. The van der Waals surface area contributed by atoms with E-state index < -0.39 is 5.56 Å². The molecule has 7 heteroatoms. The summed E-state index contributed by atoms with van der Waals surface area (Å²) < 4.78 is 5.01. The molecule has 0 bridgehead atoms. The SMILES string of the molecule is CCOCCC(=O)Nc1ncc(Cl)c(=O)[nH]1. The van der Waals surface area contributed by atoms with E-state index in [1.165, 1.54) is 6.20 Å². The molecule has 0 aliphatic rings. The summed E-state index contributed by atoms with van der Waals surface area (Å²) in [5.74, 6) is -0.199. The van der Waals surface area contributed by atoms with Crippen molar-refractivity contribution < 1.29 is 9.53 Å². The number of ether oxygens (including phenoxy) is 1. The lowest BCUT2D eigenvalue weighted by Gasteiger charge is -2.03. The highest BCUT2D eigenvalue weighted by molar-refractivity contribution is 6.30. The van der Waals surface area contributed by atoms with Gasteiger partial charge in [0.15, 0.2) is 0 Å². The minimum absolute atomic E-state index is 0.0210. The first-order chi connectivity index (χ1) is 7.63. The molecule has 0 saturated carbocycles. The number of aromatic amines is 1. The van der Waals surface area contributed by atoms with Crippen molar-refractivity contribution in [2.45, 2.75) is 13.3 Å². The Kier molecular flexibility index (Phi) is 4.94. The maximum absolute atomic E-state index is 11.3. The van der Waals surface area contributed by atoms with E-state index in [4.69, 9.17) is 16.3 Å². The van der Waals surface area contributed by atoms with Gasteiger partial charge in [0.2, 0.25) is 11.9 Å². The summed E-state index contributed by atoms with van der Waals surface area (Å²) in [7, 11) is 0. The van der Waals surface area contributed by atoms with Crippen LogP contribution in [0.5, 0.6) is 0 Å². The highest BCUT2D eigenvalue weighted by atomic mass is 35.5. The average molecular weight is 246 g/mol. The summed E-state index contributed by atoms with van der Waals surface area (Å²) in [6.07, 6.45) is 1.39. The fourth-order valence-electron chi connectivity index (χ4n) is 0.947. The third-order valence-corrected chi connectivity index (χ3v) is 1.96. The summed E-state index contributed by atoms with van der Waals surface area (Å²) in [5.41, 5.74) is -0.489. The molecule has 0 fully saturated rings. The van der Waals surface area contributed by atoms with Gasteiger partial charge in [0.25, 0.3) is 5.56 Å². The van der Waals surface area contributed by atoms with Gasteiger partial charge in [0.1, 0.15) is 5.02 Å². The van der Waals surface area contributed by atoms with Crippen molar-refractivity contribution in [1.82, 2.24) is 9.97 Å². The van der Waals surface area contributed by atoms with Crippen molar-refractivity contribution in [2.24, 2.45) is 0 Å². The number of nitrogens with one attached hydrogen (secondary N) is 2. The van der Waals surface area contributed by atoms with Gasteiger partial charge < -0.3 is 4.74 Å². The highest BCUT2D eigenvalue weighted by Gasteiger charge is 2.04. The van der Waals surface area contributed by atoms with Gasteiger partial charge >= 0.3 is 0 Å². The average Bonchev–Trinajstić information content (AvgIpc) is 2.24. The van der Waals surface area contributed by atoms with Gasteiger partial charge in [-0.05, 0) is 6.92 Å². The first-order valence-corrected chi connectivity index (χ1v) is 5.13. The molecule has 88 valence electrons. The second-order valence-electron chi connectivity index (χ2n) is 2.90. The van der Waals surface area contributed by atoms with Crippen LogP contribution < -0.4 is 10.9 Å². The third kappa shape index (κ3) is 4.00. The quantitative estimate of drug-likeness (QED) is 0.751. The number of amides is 1. The zero-order chi connectivity index (χ0) is 12.0. The smallest absolute Gasteiger partial charge is 0.271 e. The van der Waals surface area contributed by atoms with Crippen LogP contribution in [0.25, 0.3) is 0 Å². The second kappa shape index (κ2) is 6.24. The molecule has 1 aromatic rings. The molecular weight excluding hydrogens is 234 g/mol. The molecule has 0 spiro atoms. The highest BCUT2D eigenvalue weighted by Crippen LogP contribution is 2.00. The number of aromatic nitrogens is 2. The number of H-pyrrole nitrogens is 1. The third-order valence-electron chi connectivity index (χ3n) is 1.69.